The lowest BCUT2D eigenvalue weighted by Crippen LogP contribution is -2.33. The highest BCUT2D eigenvalue weighted by Crippen LogP contribution is 2.37. The van der Waals surface area contributed by atoms with Crippen molar-refractivity contribution in [2.24, 2.45) is 5.41 Å². The first-order valence-corrected chi connectivity index (χ1v) is 10.8. The summed E-state index contributed by atoms with van der Waals surface area (Å²) in [5, 5.41) is 3.12. The minimum absolute atomic E-state index is 0.00102. The van der Waals surface area contributed by atoms with Crippen LogP contribution < -0.4 is 14.4 Å². The van der Waals surface area contributed by atoms with Crippen LogP contribution in [0, 0.1) is 5.41 Å². The van der Waals surface area contributed by atoms with Gasteiger partial charge in [0.2, 0.25) is 15.9 Å². The van der Waals surface area contributed by atoms with Crippen molar-refractivity contribution in [2.75, 3.05) is 22.5 Å². The highest BCUT2D eigenvalue weighted by molar-refractivity contribution is 7.94. The lowest BCUT2D eigenvalue weighted by Gasteiger charge is -2.18. The maximum absolute atomic E-state index is 12.8. The van der Waals surface area contributed by atoms with Gasteiger partial charge in [-0.25, -0.2) is 12.7 Å². The number of halogens is 2. The van der Waals surface area contributed by atoms with E-state index in [0.717, 1.165) is 4.31 Å². The number of sulfonamides is 1. The van der Waals surface area contributed by atoms with Gasteiger partial charge in [0.05, 0.1) is 40.2 Å². The van der Waals surface area contributed by atoms with Gasteiger partial charge in [0, 0.05) is 5.02 Å². The number of amides is 2. The number of methoxy groups -OCH3 is 1. The van der Waals surface area contributed by atoms with Crippen LogP contribution in [0.1, 0.15) is 24.2 Å². The quantitative estimate of drug-likeness (QED) is 0.751. The molecular weight excluding hydrogens is 439 g/mol. The van der Waals surface area contributed by atoms with E-state index >= 15 is 0 Å². The van der Waals surface area contributed by atoms with Crippen molar-refractivity contribution in [1.82, 2.24) is 0 Å². The van der Waals surface area contributed by atoms with E-state index in [2.05, 4.69) is 5.32 Å². The van der Waals surface area contributed by atoms with Crippen LogP contribution in [0.25, 0.3) is 0 Å². The molecule has 10 heteroatoms. The van der Waals surface area contributed by atoms with Crippen LogP contribution in [0.15, 0.2) is 36.4 Å². The molecule has 154 valence electrons. The summed E-state index contributed by atoms with van der Waals surface area (Å²) in [4.78, 5) is 25.4. The van der Waals surface area contributed by atoms with Gasteiger partial charge in [-0.1, -0.05) is 23.2 Å². The first-order chi connectivity index (χ1) is 13.5. The van der Waals surface area contributed by atoms with Crippen LogP contribution in [0.3, 0.4) is 0 Å². The molecule has 1 saturated heterocycles. The summed E-state index contributed by atoms with van der Waals surface area (Å²) in [6, 6.07) is 8.73. The van der Waals surface area contributed by atoms with Crippen molar-refractivity contribution in [1.29, 1.82) is 0 Å². The minimum atomic E-state index is -3.86. The molecule has 2 aromatic rings. The van der Waals surface area contributed by atoms with Gasteiger partial charge in [-0.05, 0) is 50.2 Å². The third-order valence-electron chi connectivity index (χ3n) is 4.42. The third-order valence-corrected chi connectivity index (χ3v) is 7.01. The van der Waals surface area contributed by atoms with Gasteiger partial charge >= 0.3 is 0 Å². The molecule has 0 saturated carbocycles. The zero-order valence-electron chi connectivity index (χ0n) is 15.8. The molecule has 7 nitrogen and oxygen atoms in total. The second-order valence-corrected chi connectivity index (χ2v) is 9.83. The number of carbonyl (C=O) groups is 2. The molecule has 0 radical (unpaired) electrons. The van der Waals surface area contributed by atoms with Gasteiger partial charge in [-0.3, -0.25) is 9.59 Å². The lowest BCUT2D eigenvalue weighted by molar-refractivity contribution is -0.123. The Bertz CT molecular complexity index is 1120. The monoisotopic (exact) mass is 456 g/mol. The summed E-state index contributed by atoms with van der Waals surface area (Å²) in [5.41, 5.74) is -0.695. The van der Waals surface area contributed by atoms with E-state index in [9.17, 15) is 18.0 Å². The van der Waals surface area contributed by atoms with Crippen molar-refractivity contribution < 1.29 is 22.7 Å². The van der Waals surface area contributed by atoms with E-state index in [-0.39, 0.29) is 22.0 Å². The average molecular weight is 457 g/mol. The van der Waals surface area contributed by atoms with Crippen LogP contribution in [-0.2, 0) is 14.8 Å². The Morgan fingerprint density at radius 1 is 1.17 bits per heavy atom. The van der Waals surface area contributed by atoms with Crippen LogP contribution in [0.2, 0.25) is 10.0 Å². The highest BCUT2D eigenvalue weighted by atomic mass is 35.5. The number of rotatable bonds is 4. The van der Waals surface area contributed by atoms with Gasteiger partial charge in [-0.15, -0.1) is 0 Å². The Hall–Kier alpha value is -2.29. The Morgan fingerprint density at radius 2 is 1.86 bits per heavy atom. The van der Waals surface area contributed by atoms with Crippen molar-refractivity contribution in [3.63, 3.8) is 0 Å². The van der Waals surface area contributed by atoms with E-state index < -0.39 is 27.3 Å². The average Bonchev–Trinajstić information content (AvgIpc) is 2.78. The van der Waals surface area contributed by atoms with E-state index in [1.807, 2.05) is 0 Å². The second kappa shape index (κ2) is 7.51. The first-order valence-electron chi connectivity index (χ1n) is 8.48. The molecule has 0 aromatic heterocycles. The van der Waals surface area contributed by atoms with Crippen LogP contribution in [0.4, 0.5) is 11.4 Å². The number of hydrogen-bond acceptors (Lipinski definition) is 5. The largest absolute Gasteiger partial charge is 0.495 e. The van der Waals surface area contributed by atoms with Crippen molar-refractivity contribution in [3.05, 3.63) is 52.0 Å². The molecule has 2 aromatic carbocycles. The van der Waals surface area contributed by atoms with Crippen molar-refractivity contribution >= 4 is 56.4 Å². The van der Waals surface area contributed by atoms with Gasteiger partial charge in [0.25, 0.3) is 5.91 Å². The van der Waals surface area contributed by atoms with E-state index in [1.165, 1.54) is 31.4 Å². The summed E-state index contributed by atoms with van der Waals surface area (Å²) in [5.74, 6) is -1.11. The molecule has 0 unspecified atom stereocenters. The molecular formula is C19H18Cl2N2O5S. The van der Waals surface area contributed by atoms with E-state index in [4.69, 9.17) is 27.9 Å². The highest BCUT2D eigenvalue weighted by Gasteiger charge is 2.50. The van der Waals surface area contributed by atoms with Crippen LogP contribution in [-0.4, -0.2) is 33.1 Å². The van der Waals surface area contributed by atoms with Crippen LogP contribution >= 0.6 is 23.2 Å². The molecule has 1 aliphatic heterocycles. The number of ether oxygens (including phenoxy) is 1. The summed E-state index contributed by atoms with van der Waals surface area (Å²) in [7, 11) is -2.41. The van der Waals surface area contributed by atoms with Crippen molar-refractivity contribution in [3.8, 4) is 5.75 Å². The summed E-state index contributed by atoms with van der Waals surface area (Å²) >= 11 is 12.1. The van der Waals surface area contributed by atoms with Gasteiger partial charge < -0.3 is 10.1 Å². The molecule has 0 atom stereocenters. The molecule has 29 heavy (non-hydrogen) atoms. The fourth-order valence-corrected chi connectivity index (χ4v) is 5.52. The number of anilines is 2. The molecule has 3 rings (SSSR count). The molecule has 0 bridgehead atoms. The van der Waals surface area contributed by atoms with Crippen LogP contribution in [0.5, 0.6) is 5.75 Å². The molecule has 1 heterocycles. The van der Waals surface area contributed by atoms with E-state index in [1.54, 1.807) is 26.0 Å². The Morgan fingerprint density at radius 3 is 2.45 bits per heavy atom. The summed E-state index contributed by atoms with van der Waals surface area (Å²) in [6.45, 7) is 3.11. The number of nitrogens with zero attached hydrogens (tertiary/aromatic N) is 1. The first kappa shape index (κ1) is 21.4. The summed E-state index contributed by atoms with van der Waals surface area (Å²) in [6.07, 6.45) is 0. The van der Waals surface area contributed by atoms with Gasteiger partial charge in [-0.2, -0.15) is 0 Å². The maximum atomic E-state index is 12.8. The minimum Gasteiger partial charge on any atom is -0.495 e. The number of hydrogen-bond donors (Lipinski definition) is 1. The maximum Gasteiger partial charge on any atom is 0.257 e. The molecule has 0 aliphatic carbocycles. The van der Waals surface area contributed by atoms with Gasteiger partial charge in [0.15, 0.2) is 0 Å². The number of benzene rings is 2. The summed E-state index contributed by atoms with van der Waals surface area (Å²) < 4.78 is 30.9. The predicted molar refractivity (Wildman–Crippen MR) is 112 cm³/mol. The fraction of sp³-hybridized carbons (Fsp3) is 0.263. The normalized spacial score (nSPS) is 17.3. The topological polar surface area (TPSA) is 92.8 Å². The van der Waals surface area contributed by atoms with E-state index in [0.29, 0.717) is 16.5 Å². The van der Waals surface area contributed by atoms with Crippen molar-refractivity contribution in [2.45, 2.75) is 13.8 Å². The molecule has 2 amide bonds. The Balaban J connectivity index is 1.99. The number of nitrogens with one attached hydrogen (secondary N) is 1. The lowest BCUT2D eigenvalue weighted by atomic mass is 9.95. The fourth-order valence-electron chi connectivity index (χ4n) is 3.04. The molecule has 1 aliphatic rings. The zero-order valence-corrected chi connectivity index (χ0v) is 18.2. The Kier molecular flexibility index (Phi) is 5.55. The molecule has 1 N–H and O–H groups in total. The zero-order chi connectivity index (χ0) is 21.6. The number of carbonyl (C=O) groups excluding carboxylic acids is 2. The SMILES string of the molecule is COc1ccc(Cl)cc1NC(=O)c1cc(N2C(=O)C(C)(C)CS2(=O)=O)ccc1Cl. The van der Waals surface area contributed by atoms with Gasteiger partial charge in [0.1, 0.15) is 5.75 Å². The molecule has 0 spiro atoms. The third kappa shape index (κ3) is 4.05. The second-order valence-electron chi connectivity index (χ2n) is 7.17. The predicted octanol–water partition coefficient (Wildman–Crippen LogP) is 3.96. The molecule has 1 fully saturated rings. The standard InChI is InChI=1S/C19H18Cl2N2O5S/c1-19(2)10-29(26,27)23(18(19)25)12-5-6-14(21)13(9-12)17(24)22-15-8-11(20)4-7-16(15)28-3/h4-9H,10H2,1-3H3,(H,22,24). The smallest absolute Gasteiger partial charge is 0.257 e. The Labute approximate surface area is 178 Å².